The van der Waals surface area contributed by atoms with Gasteiger partial charge in [0.05, 0.1) is 18.8 Å². The first-order chi connectivity index (χ1) is 17.8. The van der Waals surface area contributed by atoms with Gasteiger partial charge < -0.3 is 14.2 Å². The quantitative estimate of drug-likeness (QED) is 0.146. The van der Waals surface area contributed by atoms with Crippen molar-refractivity contribution in [1.29, 1.82) is 0 Å². The Hall–Kier alpha value is -0.740. The number of ether oxygens (including phenoxy) is 3. The van der Waals surface area contributed by atoms with Gasteiger partial charge >= 0.3 is 11.9 Å². The molecule has 3 rings (SSSR count). The second-order valence-corrected chi connectivity index (χ2v) is 12.5. The fraction of sp³-hybridized carbons (Fsp3) is 0.897. The van der Waals surface area contributed by atoms with Gasteiger partial charge in [-0.1, -0.05) is 96.3 Å². The number of hydrogen-bond donors (Lipinski definition) is 1. The Morgan fingerprint density at radius 2 is 1.22 bits per heavy atom. The molecule has 212 valence electrons. The summed E-state index contributed by atoms with van der Waals surface area (Å²) in [4.78, 5) is 37.7. The highest BCUT2D eigenvalue weighted by molar-refractivity contribution is 14.1. The lowest BCUT2D eigenvalue weighted by Gasteiger charge is -2.33. The van der Waals surface area contributed by atoms with Crippen LogP contribution >= 0.6 is 22.9 Å². The number of cyclic esters (lactones) is 2. The van der Waals surface area contributed by atoms with Crippen LogP contribution in [0.15, 0.2) is 0 Å². The number of nitrogens with one attached hydrogen (secondary N) is 1. The molecular weight excluding hydrogens is 585 g/mol. The van der Waals surface area contributed by atoms with E-state index in [0.717, 1.165) is 37.5 Å². The molecule has 8 heteroatoms. The van der Waals surface area contributed by atoms with Crippen LogP contribution < -0.4 is 3.53 Å². The number of hydrogen-bond acceptors (Lipinski definition) is 7. The number of carbonyl (C=O) groups excluding carboxylic acids is 3. The molecule has 2 aliphatic carbocycles. The fourth-order valence-corrected chi connectivity index (χ4v) is 6.84. The molecule has 0 aromatic heterocycles. The van der Waals surface area contributed by atoms with E-state index in [1.54, 1.807) is 0 Å². The standard InChI is InChI=1S/C29H48INO6/c1-29(2)36-27(33)25(28(34)37-29)26(32)24(31-30)20-35-23-18-12-10-16-22(17-11-13-19-23)21-14-8-6-4-3-5-7-9-15-21/h21-25,31H,3-20H2,1-2H3. The number of esters is 2. The number of halogens is 1. The zero-order valence-corrected chi connectivity index (χ0v) is 25.1. The zero-order valence-electron chi connectivity index (χ0n) is 22.9. The molecule has 0 amide bonds. The van der Waals surface area contributed by atoms with Gasteiger partial charge in [-0.3, -0.25) is 14.4 Å². The lowest BCUT2D eigenvalue weighted by atomic mass is 9.77. The first kappa shape index (κ1) is 30.8. The van der Waals surface area contributed by atoms with E-state index in [1.807, 2.05) is 22.9 Å². The van der Waals surface area contributed by atoms with Gasteiger partial charge in [0.25, 0.3) is 5.79 Å². The summed E-state index contributed by atoms with van der Waals surface area (Å²) in [5.74, 6) is -3.40. The lowest BCUT2D eigenvalue weighted by molar-refractivity contribution is -0.238. The van der Waals surface area contributed by atoms with E-state index in [9.17, 15) is 14.4 Å². The molecule has 0 spiro atoms. The molecule has 7 nitrogen and oxygen atoms in total. The molecule has 1 unspecified atom stereocenters. The number of ketones is 1. The van der Waals surface area contributed by atoms with Crippen molar-refractivity contribution in [2.24, 2.45) is 17.8 Å². The smallest absolute Gasteiger partial charge is 0.331 e. The minimum Gasteiger partial charge on any atom is -0.422 e. The van der Waals surface area contributed by atoms with E-state index in [0.29, 0.717) is 0 Å². The van der Waals surface area contributed by atoms with Crippen molar-refractivity contribution < 1.29 is 28.6 Å². The molecule has 3 fully saturated rings. The Kier molecular flexibility index (Phi) is 13.1. The molecule has 1 heterocycles. The Morgan fingerprint density at radius 1 is 0.811 bits per heavy atom. The van der Waals surface area contributed by atoms with E-state index in [2.05, 4.69) is 3.53 Å². The van der Waals surface area contributed by atoms with Crippen LogP contribution in [0.5, 0.6) is 0 Å². The lowest BCUT2D eigenvalue weighted by Crippen LogP contribution is -2.53. The van der Waals surface area contributed by atoms with E-state index in [-0.39, 0.29) is 12.7 Å². The van der Waals surface area contributed by atoms with Crippen LogP contribution in [0.2, 0.25) is 0 Å². The van der Waals surface area contributed by atoms with E-state index in [1.165, 1.54) is 97.3 Å². The molecule has 2 saturated carbocycles. The van der Waals surface area contributed by atoms with E-state index in [4.69, 9.17) is 14.2 Å². The predicted molar refractivity (Wildman–Crippen MR) is 151 cm³/mol. The first-order valence-corrected chi connectivity index (χ1v) is 15.9. The van der Waals surface area contributed by atoms with Gasteiger partial charge in [0, 0.05) is 36.7 Å². The average Bonchev–Trinajstić information content (AvgIpc) is 2.85. The highest BCUT2D eigenvalue weighted by Crippen LogP contribution is 2.35. The maximum atomic E-state index is 13.0. The molecule has 0 radical (unpaired) electrons. The highest BCUT2D eigenvalue weighted by Gasteiger charge is 2.49. The van der Waals surface area contributed by atoms with Gasteiger partial charge in [0.15, 0.2) is 5.78 Å². The number of Topliss-reactive ketones (excluding diaryl/α,β-unsaturated/α-hetero) is 1. The zero-order chi connectivity index (χ0) is 26.7. The van der Waals surface area contributed by atoms with Gasteiger partial charge in [-0.15, -0.1) is 0 Å². The van der Waals surface area contributed by atoms with Gasteiger partial charge in [0.2, 0.25) is 5.92 Å². The molecule has 1 aliphatic heterocycles. The summed E-state index contributed by atoms with van der Waals surface area (Å²) in [7, 11) is 0. The van der Waals surface area contributed by atoms with Crippen LogP contribution in [-0.4, -0.2) is 42.3 Å². The summed E-state index contributed by atoms with van der Waals surface area (Å²) in [5, 5.41) is 0. The van der Waals surface area contributed by atoms with Crippen LogP contribution in [0.25, 0.3) is 0 Å². The van der Waals surface area contributed by atoms with E-state index < -0.39 is 35.5 Å². The SMILES string of the molecule is CC1(C)OC(=O)C(C(=O)C(COC2CCCCC(C3CCCCCCCCC3)CCCC2)NI)C(=O)O1. The molecule has 1 atom stereocenters. The van der Waals surface area contributed by atoms with Crippen LogP contribution in [0.1, 0.15) is 123 Å². The summed E-state index contributed by atoms with van der Waals surface area (Å²) < 4.78 is 19.3. The molecule has 3 aliphatic rings. The summed E-state index contributed by atoms with van der Waals surface area (Å²) in [5.41, 5.74) is 0. The first-order valence-electron chi connectivity index (χ1n) is 14.8. The van der Waals surface area contributed by atoms with Crippen molar-refractivity contribution in [2.75, 3.05) is 6.61 Å². The summed E-state index contributed by atoms with van der Waals surface area (Å²) in [6.45, 7) is 3.07. The Labute approximate surface area is 237 Å². The monoisotopic (exact) mass is 633 g/mol. The Bertz CT molecular complexity index is 702. The van der Waals surface area contributed by atoms with Crippen molar-refractivity contribution in [3.63, 3.8) is 0 Å². The van der Waals surface area contributed by atoms with Crippen LogP contribution in [0, 0.1) is 17.8 Å². The summed E-state index contributed by atoms with van der Waals surface area (Å²) >= 11 is 1.88. The van der Waals surface area contributed by atoms with E-state index >= 15 is 0 Å². The molecule has 1 saturated heterocycles. The van der Waals surface area contributed by atoms with Gasteiger partial charge in [-0.05, 0) is 24.7 Å². The summed E-state index contributed by atoms with van der Waals surface area (Å²) in [6.07, 6.45) is 22.3. The third-order valence-electron chi connectivity index (χ3n) is 8.44. The van der Waals surface area contributed by atoms with Crippen molar-refractivity contribution in [1.82, 2.24) is 3.53 Å². The van der Waals surface area contributed by atoms with Crippen molar-refractivity contribution >= 4 is 40.6 Å². The van der Waals surface area contributed by atoms with Crippen molar-refractivity contribution in [3.05, 3.63) is 0 Å². The molecular formula is C29H48INO6. The summed E-state index contributed by atoms with van der Waals surface area (Å²) in [6, 6.07) is -0.778. The van der Waals surface area contributed by atoms with Crippen molar-refractivity contribution in [3.8, 4) is 0 Å². The third-order valence-corrected chi connectivity index (χ3v) is 9.19. The fourth-order valence-electron chi connectivity index (χ4n) is 6.35. The Balaban J connectivity index is 1.46. The Morgan fingerprint density at radius 3 is 1.68 bits per heavy atom. The molecule has 0 aromatic carbocycles. The van der Waals surface area contributed by atoms with Crippen LogP contribution in [0.3, 0.4) is 0 Å². The minimum absolute atomic E-state index is 0.0921. The highest BCUT2D eigenvalue weighted by atomic mass is 127. The number of rotatable bonds is 7. The third kappa shape index (κ3) is 10.1. The normalized spacial score (nSPS) is 28.5. The van der Waals surface area contributed by atoms with Crippen molar-refractivity contribution in [2.45, 2.75) is 141 Å². The topological polar surface area (TPSA) is 90.9 Å². The largest absolute Gasteiger partial charge is 0.422 e. The minimum atomic E-state index is -1.56. The second kappa shape index (κ2) is 15.8. The van der Waals surface area contributed by atoms with Gasteiger partial charge in [-0.2, -0.15) is 0 Å². The number of carbonyl (C=O) groups is 3. The second-order valence-electron chi connectivity index (χ2n) is 11.8. The predicted octanol–water partition coefficient (Wildman–Crippen LogP) is 6.59. The molecule has 0 aromatic rings. The van der Waals surface area contributed by atoms with Crippen LogP contribution in [-0.2, 0) is 28.6 Å². The molecule has 37 heavy (non-hydrogen) atoms. The molecule has 0 bridgehead atoms. The van der Waals surface area contributed by atoms with Gasteiger partial charge in [-0.25, -0.2) is 3.53 Å². The molecule has 1 N–H and O–H groups in total. The maximum absolute atomic E-state index is 13.0. The van der Waals surface area contributed by atoms with Crippen LogP contribution in [0.4, 0.5) is 0 Å². The average molecular weight is 634 g/mol. The maximum Gasteiger partial charge on any atom is 0.331 e. The van der Waals surface area contributed by atoms with Gasteiger partial charge in [0.1, 0.15) is 0 Å².